The Morgan fingerprint density at radius 1 is 1.28 bits per heavy atom. The highest BCUT2D eigenvalue weighted by atomic mass is 79.9. The van der Waals surface area contributed by atoms with Crippen LogP contribution in [0, 0.1) is 0 Å². The topological polar surface area (TPSA) is 67.0 Å². The Labute approximate surface area is 156 Å². The van der Waals surface area contributed by atoms with Crippen LogP contribution in [0.2, 0.25) is 0 Å². The summed E-state index contributed by atoms with van der Waals surface area (Å²) in [5, 5.41) is 3.01. The first-order valence-corrected chi connectivity index (χ1v) is 9.41. The van der Waals surface area contributed by atoms with Crippen LogP contribution in [0.15, 0.2) is 34.9 Å². The summed E-state index contributed by atoms with van der Waals surface area (Å²) in [7, 11) is 0. The maximum atomic E-state index is 12.1. The summed E-state index contributed by atoms with van der Waals surface area (Å²) in [6.45, 7) is 5.61. The van der Waals surface area contributed by atoms with E-state index in [-0.39, 0.29) is 18.1 Å². The number of halogens is 1. The van der Waals surface area contributed by atoms with E-state index in [1.807, 2.05) is 51.2 Å². The van der Waals surface area contributed by atoms with Crippen LogP contribution < -0.4 is 5.32 Å². The molecule has 1 aromatic heterocycles. The van der Waals surface area contributed by atoms with Crippen molar-refractivity contribution in [2.45, 2.75) is 57.6 Å². The first kappa shape index (κ1) is 18.0. The molecule has 5 nitrogen and oxygen atoms in total. The van der Waals surface area contributed by atoms with E-state index >= 15 is 0 Å². The normalized spacial score (nSPS) is 20.5. The number of aromatic nitrogens is 2. The molecule has 0 radical (unpaired) electrons. The molecule has 6 heteroatoms. The molecular weight excluding hydrogens is 382 g/mol. The third kappa shape index (κ3) is 4.63. The van der Waals surface area contributed by atoms with E-state index in [2.05, 4.69) is 31.2 Å². The molecule has 0 spiro atoms. The Morgan fingerprint density at radius 3 is 2.68 bits per heavy atom. The number of alkyl carbamates (subject to hydrolysis) is 1. The predicted molar refractivity (Wildman–Crippen MR) is 101 cm³/mol. The minimum absolute atomic E-state index is 0.0544. The monoisotopic (exact) mass is 405 g/mol. The zero-order chi connectivity index (χ0) is 18.0. The number of H-pyrrole nitrogens is 1. The first-order chi connectivity index (χ1) is 11.8. The molecule has 2 aromatic rings. The van der Waals surface area contributed by atoms with E-state index in [1.165, 1.54) is 0 Å². The minimum Gasteiger partial charge on any atom is -0.444 e. The van der Waals surface area contributed by atoms with E-state index in [9.17, 15) is 4.79 Å². The van der Waals surface area contributed by atoms with E-state index in [0.717, 1.165) is 40.8 Å². The van der Waals surface area contributed by atoms with Crippen molar-refractivity contribution >= 4 is 22.0 Å². The van der Waals surface area contributed by atoms with Gasteiger partial charge in [-0.1, -0.05) is 34.5 Å². The lowest BCUT2D eigenvalue weighted by Gasteiger charge is -2.24. The highest BCUT2D eigenvalue weighted by Crippen LogP contribution is 2.34. The van der Waals surface area contributed by atoms with Gasteiger partial charge in [0.25, 0.3) is 0 Å². The van der Waals surface area contributed by atoms with Crippen molar-refractivity contribution in [1.82, 2.24) is 15.3 Å². The predicted octanol–water partition coefficient (Wildman–Crippen LogP) is 5.00. The lowest BCUT2D eigenvalue weighted by atomic mass is 10.0. The Kier molecular flexibility index (Phi) is 5.18. The number of amides is 1. The quantitative estimate of drug-likeness (QED) is 0.754. The third-order valence-corrected chi connectivity index (χ3v) is 4.85. The summed E-state index contributed by atoms with van der Waals surface area (Å²) in [5.74, 6) is 1.12. The van der Waals surface area contributed by atoms with Crippen LogP contribution in [0.25, 0.3) is 11.3 Å². The van der Waals surface area contributed by atoms with Gasteiger partial charge < -0.3 is 15.0 Å². The Hall–Kier alpha value is -1.82. The van der Waals surface area contributed by atoms with Gasteiger partial charge in [0.15, 0.2) is 0 Å². The van der Waals surface area contributed by atoms with Crippen LogP contribution in [0.4, 0.5) is 4.79 Å². The molecule has 1 aliphatic carbocycles. The zero-order valence-electron chi connectivity index (χ0n) is 14.8. The summed E-state index contributed by atoms with van der Waals surface area (Å²) < 4.78 is 6.43. The summed E-state index contributed by atoms with van der Waals surface area (Å²) in [6, 6.07) is 8.17. The molecule has 0 aliphatic heterocycles. The number of hydrogen-bond acceptors (Lipinski definition) is 3. The maximum Gasteiger partial charge on any atom is 0.407 e. The third-order valence-electron chi connectivity index (χ3n) is 4.32. The number of hydrogen-bond donors (Lipinski definition) is 2. The van der Waals surface area contributed by atoms with Crippen molar-refractivity contribution in [3.8, 4) is 11.3 Å². The summed E-state index contributed by atoms with van der Waals surface area (Å²) in [4.78, 5) is 20.1. The lowest BCUT2D eigenvalue weighted by molar-refractivity contribution is 0.0500. The number of carbonyl (C=O) groups is 1. The average molecular weight is 406 g/mol. The molecule has 134 valence electrons. The summed E-state index contributed by atoms with van der Waals surface area (Å²) in [6.07, 6.45) is 4.52. The molecule has 3 rings (SSSR count). The molecule has 1 fully saturated rings. The average Bonchev–Trinajstić information content (AvgIpc) is 3.14. The summed E-state index contributed by atoms with van der Waals surface area (Å²) in [5.41, 5.74) is 1.60. The number of ether oxygens (including phenoxy) is 1. The second kappa shape index (κ2) is 7.20. The smallest absolute Gasteiger partial charge is 0.407 e. The first-order valence-electron chi connectivity index (χ1n) is 8.62. The number of rotatable bonds is 3. The number of carbonyl (C=O) groups excluding carboxylic acids is 1. The highest BCUT2D eigenvalue weighted by Gasteiger charge is 2.33. The molecular formula is C19H24BrN3O2. The van der Waals surface area contributed by atoms with Crippen molar-refractivity contribution in [2.75, 3.05) is 0 Å². The fourth-order valence-corrected chi connectivity index (χ4v) is 3.48. The highest BCUT2D eigenvalue weighted by molar-refractivity contribution is 9.10. The SMILES string of the molecule is CC(C)(C)OC(=O)N[C@@H]1CCC[C@@H]1c1ncc(-c2ccc(Br)cc2)[nH]1. The molecule has 1 aliphatic rings. The van der Waals surface area contributed by atoms with Gasteiger partial charge in [-0.15, -0.1) is 0 Å². The standard InChI is InChI=1S/C19H24BrN3O2/c1-19(2,3)25-18(24)23-15-6-4-5-14(15)17-21-11-16(22-17)12-7-9-13(20)10-8-12/h7-11,14-15H,4-6H2,1-3H3,(H,21,22)(H,23,24)/t14-,15+/m0/s1. The van der Waals surface area contributed by atoms with Gasteiger partial charge in [-0.2, -0.15) is 0 Å². The van der Waals surface area contributed by atoms with E-state index in [0.29, 0.717) is 0 Å². The van der Waals surface area contributed by atoms with Crippen molar-refractivity contribution in [2.24, 2.45) is 0 Å². The Bertz CT molecular complexity index is 734. The van der Waals surface area contributed by atoms with Crippen LogP contribution in [-0.2, 0) is 4.74 Å². The van der Waals surface area contributed by atoms with E-state index < -0.39 is 5.60 Å². The Morgan fingerprint density at radius 2 is 2.00 bits per heavy atom. The second-order valence-corrected chi connectivity index (χ2v) is 8.39. The van der Waals surface area contributed by atoms with Crippen molar-refractivity contribution in [1.29, 1.82) is 0 Å². The zero-order valence-corrected chi connectivity index (χ0v) is 16.4. The van der Waals surface area contributed by atoms with Crippen molar-refractivity contribution < 1.29 is 9.53 Å². The van der Waals surface area contributed by atoms with Crippen LogP contribution in [-0.4, -0.2) is 27.7 Å². The fourth-order valence-electron chi connectivity index (χ4n) is 3.22. The minimum atomic E-state index is -0.488. The molecule has 2 N–H and O–H groups in total. The molecule has 1 heterocycles. The van der Waals surface area contributed by atoms with Gasteiger partial charge in [-0.3, -0.25) is 0 Å². The van der Waals surface area contributed by atoms with Crippen LogP contribution in [0.5, 0.6) is 0 Å². The number of imidazole rings is 1. The fraction of sp³-hybridized carbons (Fsp3) is 0.474. The van der Waals surface area contributed by atoms with Gasteiger partial charge in [0.2, 0.25) is 0 Å². The largest absolute Gasteiger partial charge is 0.444 e. The second-order valence-electron chi connectivity index (χ2n) is 7.48. The molecule has 0 saturated heterocycles. The maximum absolute atomic E-state index is 12.1. The van der Waals surface area contributed by atoms with Gasteiger partial charge in [0.05, 0.1) is 11.9 Å². The van der Waals surface area contributed by atoms with Gasteiger partial charge >= 0.3 is 6.09 Å². The van der Waals surface area contributed by atoms with Crippen molar-refractivity contribution in [3.63, 3.8) is 0 Å². The lowest BCUT2D eigenvalue weighted by Crippen LogP contribution is -2.40. The van der Waals surface area contributed by atoms with Gasteiger partial charge in [-0.05, 0) is 51.3 Å². The number of nitrogens with one attached hydrogen (secondary N) is 2. The number of benzene rings is 1. The molecule has 25 heavy (non-hydrogen) atoms. The number of nitrogens with zero attached hydrogens (tertiary/aromatic N) is 1. The van der Waals surface area contributed by atoms with Gasteiger partial charge in [0.1, 0.15) is 11.4 Å². The van der Waals surface area contributed by atoms with Gasteiger partial charge in [-0.25, -0.2) is 9.78 Å². The van der Waals surface area contributed by atoms with Crippen LogP contribution >= 0.6 is 15.9 Å². The molecule has 1 saturated carbocycles. The molecule has 0 bridgehead atoms. The van der Waals surface area contributed by atoms with E-state index in [1.54, 1.807) is 0 Å². The van der Waals surface area contributed by atoms with Crippen molar-refractivity contribution in [3.05, 3.63) is 40.8 Å². The Balaban J connectivity index is 1.70. The molecule has 2 atom stereocenters. The van der Waals surface area contributed by atoms with Crippen LogP contribution in [0.3, 0.4) is 0 Å². The van der Waals surface area contributed by atoms with Gasteiger partial charge in [0, 0.05) is 16.4 Å². The summed E-state index contributed by atoms with van der Waals surface area (Å²) >= 11 is 3.45. The molecule has 1 amide bonds. The molecule has 1 aromatic carbocycles. The number of aromatic amines is 1. The molecule has 0 unspecified atom stereocenters. The van der Waals surface area contributed by atoms with E-state index in [4.69, 9.17) is 4.74 Å². The van der Waals surface area contributed by atoms with Crippen LogP contribution in [0.1, 0.15) is 51.8 Å².